The molecular formula is C14H19NO4. The van der Waals surface area contributed by atoms with Gasteiger partial charge in [-0.05, 0) is 51.0 Å². The number of benzene rings is 1. The van der Waals surface area contributed by atoms with Crippen LogP contribution in [0.3, 0.4) is 0 Å². The topological polar surface area (TPSA) is 75.6 Å². The van der Waals surface area contributed by atoms with Crippen LogP contribution in [-0.4, -0.2) is 29.6 Å². The van der Waals surface area contributed by atoms with Crippen molar-refractivity contribution in [2.45, 2.75) is 32.8 Å². The summed E-state index contributed by atoms with van der Waals surface area (Å²) in [5.41, 5.74) is 0.658. The Morgan fingerprint density at radius 1 is 1.37 bits per heavy atom. The maximum atomic E-state index is 11.4. The van der Waals surface area contributed by atoms with Crippen molar-refractivity contribution in [3.05, 3.63) is 29.3 Å². The fourth-order valence-corrected chi connectivity index (χ4v) is 1.54. The Balaban J connectivity index is 2.47. The summed E-state index contributed by atoms with van der Waals surface area (Å²) < 4.78 is 5.09. The molecule has 2 N–H and O–H groups in total. The summed E-state index contributed by atoms with van der Waals surface area (Å²) in [4.78, 5) is 22.0. The number of aldehydes is 1. The molecule has 5 nitrogen and oxygen atoms in total. The van der Waals surface area contributed by atoms with Gasteiger partial charge in [0.2, 0.25) is 0 Å². The third-order valence-corrected chi connectivity index (χ3v) is 2.22. The van der Waals surface area contributed by atoms with Gasteiger partial charge in [0, 0.05) is 12.1 Å². The van der Waals surface area contributed by atoms with Crippen molar-refractivity contribution in [3.8, 4) is 5.75 Å². The van der Waals surface area contributed by atoms with E-state index < -0.39 is 11.7 Å². The van der Waals surface area contributed by atoms with Gasteiger partial charge in [0.1, 0.15) is 17.6 Å². The van der Waals surface area contributed by atoms with Crippen molar-refractivity contribution in [2.24, 2.45) is 0 Å². The van der Waals surface area contributed by atoms with Gasteiger partial charge in [-0.15, -0.1) is 0 Å². The van der Waals surface area contributed by atoms with E-state index >= 15 is 0 Å². The zero-order valence-corrected chi connectivity index (χ0v) is 11.4. The molecule has 0 aliphatic rings. The van der Waals surface area contributed by atoms with E-state index in [-0.39, 0.29) is 5.75 Å². The number of hydrogen-bond donors (Lipinski definition) is 2. The second-order valence-corrected chi connectivity index (χ2v) is 5.23. The van der Waals surface area contributed by atoms with Gasteiger partial charge in [0.05, 0.1) is 0 Å². The summed E-state index contributed by atoms with van der Waals surface area (Å²) >= 11 is 0. The summed E-state index contributed by atoms with van der Waals surface area (Å²) in [7, 11) is 0. The Morgan fingerprint density at radius 2 is 2.05 bits per heavy atom. The Labute approximate surface area is 112 Å². The molecule has 0 atom stereocenters. The zero-order valence-electron chi connectivity index (χ0n) is 11.4. The van der Waals surface area contributed by atoms with Crippen LogP contribution in [0, 0.1) is 0 Å². The minimum Gasteiger partial charge on any atom is -0.508 e. The van der Waals surface area contributed by atoms with Crippen LogP contribution in [0.25, 0.3) is 0 Å². The van der Waals surface area contributed by atoms with E-state index in [1.54, 1.807) is 32.9 Å². The number of phenols is 1. The first-order valence-electron chi connectivity index (χ1n) is 6.05. The number of carbonyl (C=O) groups excluding carboxylic acids is 2. The molecule has 0 heterocycles. The van der Waals surface area contributed by atoms with E-state index in [0.717, 1.165) is 5.56 Å². The molecule has 0 aliphatic carbocycles. The average molecular weight is 265 g/mol. The Hall–Kier alpha value is -2.04. The second-order valence-electron chi connectivity index (χ2n) is 5.23. The van der Waals surface area contributed by atoms with Crippen LogP contribution in [0.4, 0.5) is 4.79 Å². The number of amides is 1. The van der Waals surface area contributed by atoms with Gasteiger partial charge >= 0.3 is 6.09 Å². The molecule has 0 saturated heterocycles. The summed E-state index contributed by atoms with van der Waals surface area (Å²) in [6.07, 6.45) is 0.696. The monoisotopic (exact) mass is 265 g/mol. The van der Waals surface area contributed by atoms with Gasteiger partial charge in [-0.2, -0.15) is 0 Å². The Kier molecular flexibility index (Phi) is 4.92. The van der Waals surface area contributed by atoms with Crippen LogP contribution < -0.4 is 5.32 Å². The zero-order chi connectivity index (χ0) is 14.5. The maximum Gasteiger partial charge on any atom is 0.407 e. The Bertz CT molecular complexity index is 463. The summed E-state index contributed by atoms with van der Waals surface area (Å²) in [6, 6.07) is 4.62. The molecule has 0 spiro atoms. The van der Waals surface area contributed by atoms with Gasteiger partial charge < -0.3 is 15.2 Å². The lowest BCUT2D eigenvalue weighted by Crippen LogP contribution is -2.33. The van der Waals surface area contributed by atoms with E-state index in [9.17, 15) is 14.7 Å². The van der Waals surface area contributed by atoms with Crippen molar-refractivity contribution >= 4 is 12.4 Å². The number of alkyl carbamates (subject to hydrolysis) is 1. The quantitative estimate of drug-likeness (QED) is 0.819. The highest BCUT2D eigenvalue weighted by atomic mass is 16.6. The molecule has 19 heavy (non-hydrogen) atoms. The van der Waals surface area contributed by atoms with Crippen LogP contribution in [0.15, 0.2) is 18.2 Å². The second kappa shape index (κ2) is 6.22. The number of nitrogens with one attached hydrogen (secondary N) is 1. The molecule has 104 valence electrons. The molecule has 0 aliphatic heterocycles. The molecular weight excluding hydrogens is 246 g/mol. The fourth-order valence-electron chi connectivity index (χ4n) is 1.54. The maximum absolute atomic E-state index is 11.4. The summed E-state index contributed by atoms with van der Waals surface area (Å²) in [5, 5.41) is 12.0. The van der Waals surface area contributed by atoms with Crippen molar-refractivity contribution in [1.29, 1.82) is 0 Å². The predicted molar refractivity (Wildman–Crippen MR) is 71.4 cm³/mol. The molecule has 1 aromatic rings. The highest BCUT2D eigenvalue weighted by molar-refractivity contribution is 5.76. The highest BCUT2D eigenvalue weighted by Crippen LogP contribution is 2.14. The molecule has 0 unspecified atom stereocenters. The molecule has 0 saturated carbocycles. The van der Waals surface area contributed by atoms with Gasteiger partial charge in [0.15, 0.2) is 0 Å². The standard InChI is InChI=1S/C14H19NO4/c1-14(2,3)19-13(18)15-5-4-10-6-11(9-16)8-12(17)7-10/h6-9,17H,4-5H2,1-3H3,(H,15,18). The van der Waals surface area contributed by atoms with E-state index in [2.05, 4.69) is 5.32 Å². The van der Waals surface area contributed by atoms with Gasteiger partial charge in [-0.1, -0.05) is 0 Å². The smallest absolute Gasteiger partial charge is 0.407 e. The molecule has 1 aromatic carbocycles. The molecule has 1 rings (SSSR count). The van der Waals surface area contributed by atoms with Crippen LogP contribution in [0.5, 0.6) is 5.75 Å². The van der Waals surface area contributed by atoms with Crippen LogP contribution >= 0.6 is 0 Å². The highest BCUT2D eigenvalue weighted by Gasteiger charge is 2.15. The van der Waals surface area contributed by atoms with Crippen molar-refractivity contribution in [2.75, 3.05) is 6.54 Å². The number of rotatable bonds is 4. The summed E-state index contributed by atoms with van der Waals surface area (Å²) in [6.45, 7) is 5.74. The number of aromatic hydroxyl groups is 1. The van der Waals surface area contributed by atoms with Crippen molar-refractivity contribution < 1.29 is 19.4 Å². The van der Waals surface area contributed by atoms with Crippen LogP contribution in [0.2, 0.25) is 0 Å². The van der Waals surface area contributed by atoms with Crippen LogP contribution in [0.1, 0.15) is 36.7 Å². The third kappa shape index (κ3) is 5.90. The third-order valence-electron chi connectivity index (χ3n) is 2.22. The molecule has 1 amide bonds. The molecule has 0 bridgehead atoms. The molecule has 0 radical (unpaired) electrons. The number of carbonyl (C=O) groups is 2. The lowest BCUT2D eigenvalue weighted by atomic mass is 10.1. The normalized spacial score (nSPS) is 10.9. The minimum absolute atomic E-state index is 0.0388. The number of hydrogen-bond acceptors (Lipinski definition) is 4. The number of phenolic OH excluding ortho intramolecular Hbond substituents is 1. The van der Waals surface area contributed by atoms with Gasteiger partial charge in [-0.25, -0.2) is 4.79 Å². The van der Waals surface area contributed by atoms with E-state index in [1.165, 1.54) is 6.07 Å². The van der Waals surface area contributed by atoms with E-state index in [4.69, 9.17) is 4.74 Å². The summed E-state index contributed by atoms with van der Waals surface area (Å²) in [5.74, 6) is 0.0388. The van der Waals surface area contributed by atoms with E-state index in [1.807, 2.05) is 0 Å². The first-order valence-corrected chi connectivity index (χ1v) is 6.05. The fraction of sp³-hybridized carbons (Fsp3) is 0.429. The lowest BCUT2D eigenvalue weighted by Gasteiger charge is -2.19. The lowest BCUT2D eigenvalue weighted by molar-refractivity contribution is 0.0528. The molecule has 0 aromatic heterocycles. The first kappa shape index (κ1) is 15.0. The average Bonchev–Trinajstić information content (AvgIpc) is 2.25. The van der Waals surface area contributed by atoms with E-state index in [0.29, 0.717) is 24.8 Å². The first-order chi connectivity index (χ1) is 8.80. The van der Waals surface area contributed by atoms with Crippen LogP contribution in [-0.2, 0) is 11.2 Å². The van der Waals surface area contributed by atoms with Gasteiger partial charge in [0.25, 0.3) is 0 Å². The minimum atomic E-state index is -0.528. The largest absolute Gasteiger partial charge is 0.508 e. The molecule has 0 fully saturated rings. The van der Waals surface area contributed by atoms with Crippen molar-refractivity contribution in [1.82, 2.24) is 5.32 Å². The number of ether oxygens (including phenoxy) is 1. The Morgan fingerprint density at radius 3 is 2.63 bits per heavy atom. The molecule has 5 heteroatoms. The SMILES string of the molecule is CC(C)(C)OC(=O)NCCc1cc(O)cc(C=O)c1. The van der Waals surface area contributed by atoms with Crippen molar-refractivity contribution in [3.63, 3.8) is 0 Å². The predicted octanol–water partition coefficient (Wildman–Crippen LogP) is 2.27. The van der Waals surface area contributed by atoms with Gasteiger partial charge in [-0.3, -0.25) is 4.79 Å².